The van der Waals surface area contributed by atoms with Crippen LogP contribution in [0.3, 0.4) is 0 Å². The van der Waals surface area contributed by atoms with Crippen molar-refractivity contribution in [1.29, 1.82) is 0 Å². The first-order valence-electron chi connectivity index (χ1n) is 14.7. The SMILES string of the molecule is CCCCCCCCCCCCCCCCN1C(=O)C(=O)/C(=C(/O)c2ccc(Br)cc2)[C@@H]1c1ccc(Cl)cc1. The minimum absolute atomic E-state index is 0.134. The lowest BCUT2D eigenvalue weighted by Gasteiger charge is -2.25. The molecule has 1 atom stereocenters. The Morgan fingerprint density at radius 2 is 1.26 bits per heavy atom. The van der Waals surface area contributed by atoms with E-state index in [-0.39, 0.29) is 11.3 Å². The molecule has 1 aliphatic rings. The third-order valence-electron chi connectivity index (χ3n) is 7.60. The number of benzene rings is 2. The van der Waals surface area contributed by atoms with E-state index in [1.807, 2.05) is 12.1 Å². The predicted molar refractivity (Wildman–Crippen MR) is 165 cm³/mol. The lowest BCUT2D eigenvalue weighted by atomic mass is 9.95. The number of rotatable bonds is 17. The summed E-state index contributed by atoms with van der Waals surface area (Å²) in [6, 6.07) is 13.6. The molecule has 4 nitrogen and oxygen atoms in total. The van der Waals surface area contributed by atoms with Crippen LogP contribution in [-0.2, 0) is 9.59 Å². The Hall–Kier alpha value is -2.11. The Bertz CT molecular complexity index is 1080. The van der Waals surface area contributed by atoms with E-state index < -0.39 is 17.7 Å². The number of halogens is 2. The van der Waals surface area contributed by atoms with E-state index in [9.17, 15) is 14.7 Å². The van der Waals surface area contributed by atoms with Crippen molar-refractivity contribution in [2.45, 2.75) is 103 Å². The van der Waals surface area contributed by atoms with Gasteiger partial charge in [0.1, 0.15) is 5.76 Å². The van der Waals surface area contributed by atoms with Gasteiger partial charge in [-0.25, -0.2) is 0 Å². The highest BCUT2D eigenvalue weighted by Gasteiger charge is 2.45. The largest absolute Gasteiger partial charge is 0.507 e. The van der Waals surface area contributed by atoms with Crippen molar-refractivity contribution >= 4 is 45.0 Å². The summed E-state index contributed by atoms with van der Waals surface area (Å²) < 4.78 is 0.867. The van der Waals surface area contributed by atoms with E-state index in [4.69, 9.17) is 11.6 Å². The summed E-state index contributed by atoms with van der Waals surface area (Å²) in [5.41, 5.74) is 1.41. The summed E-state index contributed by atoms with van der Waals surface area (Å²) in [6.07, 6.45) is 17.6. The van der Waals surface area contributed by atoms with Crippen molar-refractivity contribution in [3.8, 4) is 0 Å². The van der Waals surface area contributed by atoms with Gasteiger partial charge in [0.2, 0.25) is 0 Å². The number of aliphatic hydroxyl groups is 1. The molecule has 1 fully saturated rings. The summed E-state index contributed by atoms with van der Waals surface area (Å²) in [5, 5.41) is 11.7. The fourth-order valence-electron chi connectivity index (χ4n) is 5.34. The van der Waals surface area contributed by atoms with Crippen molar-refractivity contribution < 1.29 is 14.7 Å². The fraction of sp³-hybridized carbons (Fsp3) is 0.515. The molecule has 212 valence electrons. The molecule has 1 saturated heterocycles. The van der Waals surface area contributed by atoms with Gasteiger partial charge in [-0.1, -0.05) is 142 Å². The highest BCUT2D eigenvalue weighted by atomic mass is 79.9. The van der Waals surface area contributed by atoms with Gasteiger partial charge >= 0.3 is 0 Å². The van der Waals surface area contributed by atoms with Gasteiger partial charge in [-0.3, -0.25) is 9.59 Å². The van der Waals surface area contributed by atoms with E-state index in [0.29, 0.717) is 17.1 Å². The summed E-state index contributed by atoms with van der Waals surface area (Å²) in [5.74, 6) is -1.34. The molecule has 0 radical (unpaired) electrons. The Labute approximate surface area is 248 Å². The lowest BCUT2D eigenvalue weighted by molar-refractivity contribution is -0.139. The second-order valence-electron chi connectivity index (χ2n) is 10.6. The molecule has 0 aliphatic carbocycles. The number of carbonyl (C=O) groups excluding carboxylic acids is 2. The molecule has 3 rings (SSSR count). The van der Waals surface area contributed by atoms with Gasteiger partial charge in [0.05, 0.1) is 11.6 Å². The fourth-order valence-corrected chi connectivity index (χ4v) is 5.73. The molecular weight excluding hydrogens is 574 g/mol. The summed E-state index contributed by atoms with van der Waals surface area (Å²) in [6.45, 7) is 2.74. The van der Waals surface area contributed by atoms with E-state index >= 15 is 0 Å². The van der Waals surface area contributed by atoms with Gasteiger partial charge < -0.3 is 10.0 Å². The number of unbranched alkanes of at least 4 members (excludes halogenated alkanes) is 13. The zero-order valence-electron chi connectivity index (χ0n) is 23.3. The van der Waals surface area contributed by atoms with E-state index in [1.165, 1.54) is 70.6 Å². The third kappa shape index (κ3) is 9.49. The molecule has 1 heterocycles. The molecule has 0 unspecified atom stereocenters. The number of amides is 1. The molecular formula is C33H43BrClNO3. The topological polar surface area (TPSA) is 57.6 Å². The molecule has 1 N–H and O–H groups in total. The predicted octanol–water partition coefficient (Wildman–Crippen LogP) is 10.0. The standard InChI is InChI=1S/C33H43BrClNO3/c1-2-3-4-5-6-7-8-9-10-11-12-13-14-15-24-36-30(25-18-22-28(35)23-19-25)29(32(38)33(36)39)31(37)26-16-20-27(34)21-17-26/h16-23,30,37H,2-15,24H2,1H3/b31-29+/t30-/m0/s1. The van der Waals surface area contributed by atoms with Crippen molar-refractivity contribution in [3.05, 3.63) is 74.7 Å². The summed E-state index contributed by atoms with van der Waals surface area (Å²) in [7, 11) is 0. The number of aliphatic hydroxyl groups excluding tert-OH is 1. The van der Waals surface area contributed by atoms with Gasteiger partial charge in [0.15, 0.2) is 0 Å². The minimum Gasteiger partial charge on any atom is -0.507 e. The van der Waals surface area contributed by atoms with Crippen LogP contribution >= 0.6 is 27.5 Å². The number of hydrogen-bond acceptors (Lipinski definition) is 3. The highest BCUT2D eigenvalue weighted by Crippen LogP contribution is 2.40. The van der Waals surface area contributed by atoms with Crippen LogP contribution in [0.15, 0.2) is 58.6 Å². The Morgan fingerprint density at radius 3 is 1.77 bits per heavy atom. The maximum absolute atomic E-state index is 13.2. The van der Waals surface area contributed by atoms with Crippen LogP contribution in [0.4, 0.5) is 0 Å². The maximum Gasteiger partial charge on any atom is 0.295 e. The molecule has 0 saturated carbocycles. The van der Waals surface area contributed by atoms with Crippen molar-refractivity contribution in [2.24, 2.45) is 0 Å². The van der Waals surface area contributed by atoms with Crippen molar-refractivity contribution in [2.75, 3.05) is 6.54 Å². The highest BCUT2D eigenvalue weighted by molar-refractivity contribution is 9.10. The van der Waals surface area contributed by atoms with E-state index in [1.54, 1.807) is 41.3 Å². The zero-order chi connectivity index (χ0) is 28.0. The van der Waals surface area contributed by atoms with E-state index in [2.05, 4.69) is 22.9 Å². The minimum atomic E-state index is -0.638. The quantitative estimate of drug-likeness (QED) is 0.0833. The molecule has 0 spiro atoms. The van der Waals surface area contributed by atoms with E-state index in [0.717, 1.165) is 29.3 Å². The molecule has 1 amide bonds. The van der Waals surface area contributed by atoms with Crippen LogP contribution in [0.2, 0.25) is 5.02 Å². The number of ketones is 1. The maximum atomic E-state index is 13.2. The average Bonchev–Trinajstić information content (AvgIpc) is 3.18. The first-order chi connectivity index (χ1) is 18.9. The number of likely N-dealkylation sites (tertiary alicyclic amines) is 1. The number of nitrogens with zero attached hydrogens (tertiary/aromatic N) is 1. The molecule has 0 aromatic heterocycles. The van der Waals surface area contributed by atoms with Crippen molar-refractivity contribution in [3.63, 3.8) is 0 Å². The smallest absolute Gasteiger partial charge is 0.295 e. The van der Waals surface area contributed by atoms with Gasteiger partial charge in [0, 0.05) is 21.6 Å². The zero-order valence-corrected chi connectivity index (χ0v) is 25.6. The van der Waals surface area contributed by atoms with Crippen LogP contribution in [-0.4, -0.2) is 28.2 Å². The Balaban J connectivity index is 1.52. The van der Waals surface area contributed by atoms with Gasteiger partial charge in [-0.05, 0) is 36.2 Å². The third-order valence-corrected chi connectivity index (χ3v) is 8.38. The molecule has 1 aliphatic heterocycles. The van der Waals surface area contributed by atoms with Crippen LogP contribution in [0, 0.1) is 0 Å². The van der Waals surface area contributed by atoms with Crippen LogP contribution in [0.25, 0.3) is 5.76 Å². The molecule has 0 bridgehead atoms. The molecule has 6 heteroatoms. The Kier molecular flexibility index (Phi) is 13.6. The van der Waals surface area contributed by atoms with Gasteiger partial charge in [-0.2, -0.15) is 0 Å². The molecule has 2 aromatic carbocycles. The summed E-state index contributed by atoms with van der Waals surface area (Å²) in [4.78, 5) is 27.9. The molecule has 2 aromatic rings. The summed E-state index contributed by atoms with van der Waals surface area (Å²) >= 11 is 9.51. The van der Waals surface area contributed by atoms with Crippen LogP contribution < -0.4 is 0 Å². The number of Topliss-reactive ketones (excluding diaryl/α,β-unsaturated/α-hetero) is 1. The first-order valence-corrected chi connectivity index (χ1v) is 15.9. The lowest BCUT2D eigenvalue weighted by Crippen LogP contribution is -2.30. The first kappa shape index (κ1) is 31.4. The average molecular weight is 617 g/mol. The number of carbonyl (C=O) groups is 2. The van der Waals surface area contributed by atoms with Gasteiger partial charge in [-0.15, -0.1) is 0 Å². The molecule has 39 heavy (non-hydrogen) atoms. The second-order valence-corrected chi connectivity index (χ2v) is 12.0. The van der Waals surface area contributed by atoms with Crippen molar-refractivity contribution in [1.82, 2.24) is 4.90 Å². The monoisotopic (exact) mass is 615 g/mol. The Morgan fingerprint density at radius 1 is 0.769 bits per heavy atom. The second kappa shape index (κ2) is 16.9. The number of hydrogen-bond donors (Lipinski definition) is 1. The normalized spacial score (nSPS) is 16.8. The van der Waals surface area contributed by atoms with Gasteiger partial charge in [0.25, 0.3) is 11.7 Å². The van der Waals surface area contributed by atoms with Crippen LogP contribution in [0.1, 0.15) is 114 Å². The van der Waals surface area contributed by atoms with Crippen LogP contribution in [0.5, 0.6) is 0 Å².